The molecule has 1 unspecified atom stereocenters. The molecule has 3 aromatic rings. The molecule has 0 spiro atoms. The fourth-order valence-corrected chi connectivity index (χ4v) is 12.0. The quantitative estimate of drug-likeness (QED) is 0.308. The van der Waals surface area contributed by atoms with Crippen molar-refractivity contribution in [1.82, 2.24) is 0 Å². The fourth-order valence-electron chi connectivity index (χ4n) is 6.47. The zero-order valence-electron chi connectivity index (χ0n) is 21.6. The maximum Gasteiger partial charge on any atom is 0.261 e. The molecule has 1 N–H and O–H groups in total. The predicted molar refractivity (Wildman–Crippen MR) is 150 cm³/mol. The van der Waals surface area contributed by atoms with E-state index in [9.17, 15) is 5.11 Å². The first-order valence-corrected chi connectivity index (χ1v) is 16.0. The Kier molecular flexibility index (Phi) is 6.86. The highest BCUT2D eigenvalue weighted by atomic mass is 32.1. The van der Waals surface area contributed by atoms with Crippen molar-refractivity contribution in [1.29, 1.82) is 0 Å². The molecule has 1 aromatic heterocycles. The molecule has 2 nitrogen and oxygen atoms in total. The van der Waals surface area contributed by atoms with Crippen LogP contribution in [0.2, 0.25) is 5.04 Å². The van der Waals surface area contributed by atoms with E-state index in [1.165, 1.54) is 34.5 Å². The van der Waals surface area contributed by atoms with Gasteiger partial charge in [-0.2, -0.15) is 0 Å². The second-order valence-electron chi connectivity index (χ2n) is 12.1. The largest absolute Gasteiger partial charge is 0.400 e. The zero-order valence-corrected chi connectivity index (χ0v) is 23.4. The molecule has 4 heteroatoms. The smallest absolute Gasteiger partial charge is 0.261 e. The highest BCUT2D eigenvalue weighted by Crippen LogP contribution is 2.67. The van der Waals surface area contributed by atoms with Crippen LogP contribution in [0.5, 0.6) is 0 Å². The van der Waals surface area contributed by atoms with Gasteiger partial charge in [0, 0.05) is 11.5 Å². The van der Waals surface area contributed by atoms with Crippen LogP contribution in [-0.2, 0) is 4.43 Å². The van der Waals surface area contributed by atoms with E-state index in [0.717, 1.165) is 18.3 Å². The van der Waals surface area contributed by atoms with Crippen LogP contribution in [0.3, 0.4) is 0 Å². The molecule has 186 valence electrons. The van der Waals surface area contributed by atoms with Crippen LogP contribution in [0.4, 0.5) is 0 Å². The zero-order chi connectivity index (χ0) is 24.7. The van der Waals surface area contributed by atoms with E-state index in [-0.39, 0.29) is 11.1 Å². The van der Waals surface area contributed by atoms with Crippen molar-refractivity contribution in [2.45, 2.75) is 64.5 Å². The lowest BCUT2D eigenvalue weighted by atomic mass is 9.95. The number of hydrogen-bond acceptors (Lipinski definition) is 3. The van der Waals surface area contributed by atoms with Gasteiger partial charge in [-0.1, -0.05) is 94.4 Å². The second kappa shape index (κ2) is 9.62. The third-order valence-corrected chi connectivity index (χ3v) is 14.7. The van der Waals surface area contributed by atoms with Gasteiger partial charge < -0.3 is 9.53 Å². The standard InChI is InChI=1S/C31H40O2SSi/c1-30(2,3)35(24-12-7-5-8-13-24,25-14-9-6-10-15-25)33-28(29-16-11-19-34-29)17-18-31(4)21-27(31)26-20-23(26)22-32/h5-16,19,23,26-28,32H,17-18,20-22H2,1-4H3/t23-,26+,27-,28?,31+/m1/s1. The highest BCUT2D eigenvalue weighted by molar-refractivity contribution is 7.10. The first-order chi connectivity index (χ1) is 16.8. The normalized spacial score (nSPS) is 26.9. The number of aliphatic hydroxyl groups excluding tert-OH is 1. The molecule has 5 atom stereocenters. The fraction of sp³-hybridized carbons (Fsp3) is 0.484. The summed E-state index contributed by atoms with van der Waals surface area (Å²) in [6.07, 6.45) is 4.86. The Labute approximate surface area is 216 Å². The van der Waals surface area contributed by atoms with Crippen LogP contribution in [0.1, 0.15) is 64.4 Å². The van der Waals surface area contributed by atoms with Gasteiger partial charge in [-0.15, -0.1) is 11.3 Å². The van der Waals surface area contributed by atoms with Gasteiger partial charge in [0.1, 0.15) is 0 Å². The molecule has 5 rings (SSSR count). The van der Waals surface area contributed by atoms with Crippen molar-refractivity contribution in [2.24, 2.45) is 23.2 Å². The Morgan fingerprint density at radius 1 is 1.00 bits per heavy atom. The number of benzene rings is 2. The van der Waals surface area contributed by atoms with Gasteiger partial charge in [0.25, 0.3) is 8.32 Å². The van der Waals surface area contributed by atoms with E-state index in [0.29, 0.717) is 17.9 Å². The number of thiophene rings is 1. The number of hydrogen-bond donors (Lipinski definition) is 1. The molecule has 2 aliphatic rings. The Morgan fingerprint density at radius 3 is 2.11 bits per heavy atom. The molecule has 35 heavy (non-hydrogen) atoms. The minimum atomic E-state index is -2.61. The van der Waals surface area contributed by atoms with Crippen molar-refractivity contribution >= 4 is 30.0 Å². The number of rotatable bonds is 10. The van der Waals surface area contributed by atoms with Crippen molar-refractivity contribution in [3.05, 3.63) is 83.1 Å². The van der Waals surface area contributed by atoms with Crippen LogP contribution in [0, 0.1) is 23.2 Å². The third kappa shape index (κ3) is 4.83. The first kappa shape index (κ1) is 24.9. The second-order valence-corrected chi connectivity index (χ2v) is 17.4. The molecule has 2 saturated carbocycles. The van der Waals surface area contributed by atoms with Gasteiger partial charge in [-0.05, 0) is 75.7 Å². The lowest BCUT2D eigenvalue weighted by Gasteiger charge is -2.45. The summed E-state index contributed by atoms with van der Waals surface area (Å²) >= 11 is 1.83. The monoisotopic (exact) mass is 504 g/mol. The van der Waals surface area contributed by atoms with Gasteiger partial charge >= 0.3 is 0 Å². The summed E-state index contributed by atoms with van der Waals surface area (Å²) in [5.74, 6) is 2.10. The molecule has 0 aliphatic heterocycles. The average Bonchev–Trinajstić information content (AvgIpc) is 3.70. The Morgan fingerprint density at radius 2 is 1.63 bits per heavy atom. The van der Waals surface area contributed by atoms with E-state index in [2.05, 4.69) is 106 Å². The minimum absolute atomic E-state index is 0.0282. The third-order valence-electron chi connectivity index (χ3n) is 8.72. The predicted octanol–water partition coefficient (Wildman–Crippen LogP) is 6.80. The lowest BCUT2D eigenvalue weighted by molar-refractivity contribution is 0.169. The van der Waals surface area contributed by atoms with Crippen molar-refractivity contribution in [3.63, 3.8) is 0 Å². The summed E-state index contributed by atoms with van der Waals surface area (Å²) in [6, 6.07) is 26.5. The van der Waals surface area contributed by atoms with Crippen LogP contribution >= 0.6 is 11.3 Å². The van der Waals surface area contributed by atoms with Crippen LogP contribution in [0.15, 0.2) is 78.2 Å². The highest BCUT2D eigenvalue weighted by Gasteiger charge is 2.60. The lowest BCUT2D eigenvalue weighted by Crippen LogP contribution is -2.66. The van der Waals surface area contributed by atoms with Crippen molar-refractivity contribution < 1.29 is 9.53 Å². The van der Waals surface area contributed by atoms with Crippen LogP contribution in [-0.4, -0.2) is 20.0 Å². The molecular weight excluding hydrogens is 464 g/mol. The summed E-state index contributed by atoms with van der Waals surface area (Å²) in [5, 5.41) is 14.4. The van der Waals surface area contributed by atoms with Crippen molar-refractivity contribution in [2.75, 3.05) is 6.61 Å². The summed E-state index contributed by atoms with van der Waals surface area (Å²) in [6.45, 7) is 9.94. The Balaban J connectivity index is 1.48. The molecule has 2 fully saturated rings. The summed E-state index contributed by atoms with van der Waals surface area (Å²) in [7, 11) is -2.61. The molecular formula is C31H40O2SSi. The van der Waals surface area contributed by atoms with Gasteiger partial charge in [0.2, 0.25) is 0 Å². The summed E-state index contributed by atoms with van der Waals surface area (Å²) < 4.78 is 7.61. The Hall–Kier alpha value is -1.72. The molecule has 2 aliphatic carbocycles. The topological polar surface area (TPSA) is 29.5 Å². The van der Waals surface area contributed by atoms with E-state index >= 15 is 0 Å². The number of aliphatic hydroxyl groups is 1. The maximum atomic E-state index is 9.57. The van der Waals surface area contributed by atoms with E-state index < -0.39 is 8.32 Å². The first-order valence-electron chi connectivity index (χ1n) is 13.2. The van der Waals surface area contributed by atoms with Gasteiger partial charge in [-0.3, -0.25) is 0 Å². The molecule has 0 saturated heterocycles. The molecule has 0 bridgehead atoms. The molecule has 0 radical (unpaired) electrons. The van der Waals surface area contributed by atoms with Gasteiger partial charge in [-0.25, -0.2) is 0 Å². The Bertz CT molecular complexity index is 1050. The minimum Gasteiger partial charge on any atom is -0.400 e. The summed E-state index contributed by atoms with van der Waals surface area (Å²) in [4.78, 5) is 1.35. The maximum absolute atomic E-state index is 9.57. The van der Waals surface area contributed by atoms with E-state index in [1.54, 1.807) is 0 Å². The molecule has 0 amide bonds. The van der Waals surface area contributed by atoms with Crippen molar-refractivity contribution in [3.8, 4) is 0 Å². The van der Waals surface area contributed by atoms with Gasteiger partial charge in [0.15, 0.2) is 0 Å². The molecule has 1 heterocycles. The van der Waals surface area contributed by atoms with Crippen LogP contribution in [0.25, 0.3) is 0 Å². The molecule has 2 aromatic carbocycles. The summed E-state index contributed by atoms with van der Waals surface area (Å²) in [5.41, 5.74) is 0.402. The SMILES string of the molecule is CC(C)(C)[Si](OC(CC[C@@]1(C)C[C@@H]1[C@H]1C[C@@H]1CO)c1cccs1)(c1ccccc1)c1ccccc1. The average molecular weight is 505 g/mol. The van der Waals surface area contributed by atoms with E-state index in [1.807, 2.05) is 11.3 Å². The van der Waals surface area contributed by atoms with Crippen LogP contribution < -0.4 is 10.4 Å². The van der Waals surface area contributed by atoms with Gasteiger partial charge in [0.05, 0.1) is 6.10 Å². The van der Waals surface area contributed by atoms with E-state index in [4.69, 9.17) is 4.43 Å².